The first-order chi connectivity index (χ1) is 11.1. The third-order valence-corrected chi connectivity index (χ3v) is 3.82. The maximum Gasteiger partial charge on any atom is 0.323 e. The number of amides is 3. The molecule has 3 N–H and O–H groups in total. The molecule has 118 valence electrons. The van der Waals surface area contributed by atoms with Gasteiger partial charge in [-0.2, -0.15) is 0 Å². The zero-order valence-electron chi connectivity index (χ0n) is 12.9. The SMILES string of the molecule is Cc1c(NC(=O)Nc2ccccc2)cccc1NC(=O)C1CC1. The van der Waals surface area contributed by atoms with E-state index in [-0.39, 0.29) is 17.9 Å². The fourth-order valence-electron chi connectivity index (χ4n) is 2.29. The van der Waals surface area contributed by atoms with Crippen molar-refractivity contribution in [3.63, 3.8) is 0 Å². The predicted octanol–water partition coefficient (Wildman–Crippen LogP) is 3.99. The first kappa shape index (κ1) is 15.1. The number of hydrogen-bond donors (Lipinski definition) is 3. The van der Waals surface area contributed by atoms with Gasteiger partial charge in [0, 0.05) is 23.0 Å². The lowest BCUT2D eigenvalue weighted by atomic mass is 10.1. The number of anilines is 3. The molecule has 5 nitrogen and oxygen atoms in total. The molecule has 1 saturated carbocycles. The van der Waals surface area contributed by atoms with Gasteiger partial charge in [0.05, 0.1) is 0 Å². The standard InChI is InChI=1S/C18H19N3O2/c1-12-15(20-17(22)13-10-11-13)8-5-9-16(12)21-18(23)19-14-6-3-2-4-7-14/h2-9,13H,10-11H2,1H3,(H,20,22)(H2,19,21,23). The second-order valence-electron chi connectivity index (χ2n) is 5.69. The molecule has 2 aromatic rings. The normalized spacial score (nSPS) is 13.3. The van der Waals surface area contributed by atoms with Crippen molar-refractivity contribution >= 4 is 29.0 Å². The Morgan fingerprint density at radius 3 is 2.17 bits per heavy atom. The summed E-state index contributed by atoms with van der Waals surface area (Å²) >= 11 is 0. The highest BCUT2D eigenvalue weighted by atomic mass is 16.2. The van der Waals surface area contributed by atoms with Crippen LogP contribution in [0.2, 0.25) is 0 Å². The summed E-state index contributed by atoms with van der Waals surface area (Å²) in [4.78, 5) is 24.0. The van der Waals surface area contributed by atoms with E-state index < -0.39 is 0 Å². The second kappa shape index (κ2) is 6.52. The lowest BCUT2D eigenvalue weighted by molar-refractivity contribution is -0.117. The summed E-state index contributed by atoms with van der Waals surface area (Å²) in [5, 5.41) is 8.51. The highest BCUT2D eigenvalue weighted by Gasteiger charge is 2.29. The minimum atomic E-state index is -0.315. The van der Waals surface area contributed by atoms with Gasteiger partial charge in [-0.05, 0) is 49.6 Å². The van der Waals surface area contributed by atoms with Crippen molar-refractivity contribution in [3.05, 3.63) is 54.1 Å². The molecule has 0 atom stereocenters. The Hall–Kier alpha value is -2.82. The number of para-hydroxylation sites is 1. The number of rotatable bonds is 4. The van der Waals surface area contributed by atoms with Gasteiger partial charge >= 0.3 is 6.03 Å². The van der Waals surface area contributed by atoms with Crippen molar-refractivity contribution in [2.75, 3.05) is 16.0 Å². The van der Waals surface area contributed by atoms with Crippen LogP contribution in [0.5, 0.6) is 0 Å². The van der Waals surface area contributed by atoms with Gasteiger partial charge in [0.15, 0.2) is 0 Å². The number of benzene rings is 2. The summed E-state index contributed by atoms with van der Waals surface area (Å²) in [6.07, 6.45) is 1.92. The van der Waals surface area contributed by atoms with Crippen molar-refractivity contribution in [2.24, 2.45) is 5.92 Å². The summed E-state index contributed by atoms with van der Waals surface area (Å²) in [6, 6.07) is 14.4. The molecule has 3 rings (SSSR count). The number of carbonyl (C=O) groups excluding carboxylic acids is 2. The zero-order chi connectivity index (χ0) is 16.2. The monoisotopic (exact) mass is 309 g/mol. The fourth-order valence-corrected chi connectivity index (χ4v) is 2.29. The van der Waals surface area contributed by atoms with E-state index in [1.165, 1.54) is 0 Å². The van der Waals surface area contributed by atoms with Crippen LogP contribution in [0.1, 0.15) is 18.4 Å². The molecule has 0 aromatic heterocycles. The maximum absolute atomic E-state index is 12.1. The van der Waals surface area contributed by atoms with Crippen molar-refractivity contribution in [3.8, 4) is 0 Å². The van der Waals surface area contributed by atoms with E-state index in [1.54, 1.807) is 0 Å². The van der Waals surface area contributed by atoms with Crippen LogP contribution < -0.4 is 16.0 Å². The summed E-state index contributed by atoms with van der Waals surface area (Å²) in [5.41, 5.74) is 2.97. The number of carbonyl (C=O) groups is 2. The van der Waals surface area contributed by atoms with E-state index in [0.29, 0.717) is 5.69 Å². The zero-order valence-corrected chi connectivity index (χ0v) is 12.9. The molecule has 0 aliphatic heterocycles. The van der Waals surface area contributed by atoms with Crippen LogP contribution in [-0.2, 0) is 4.79 Å². The van der Waals surface area contributed by atoms with Crippen LogP contribution >= 0.6 is 0 Å². The molecule has 0 radical (unpaired) electrons. The van der Waals surface area contributed by atoms with Gasteiger partial charge in [-0.3, -0.25) is 4.79 Å². The molecule has 1 fully saturated rings. The van der Waals surface area contributed by atoms with Crippen molar-refractivity contribution < 1.29 is 9.59 Å². The van der Waals surface area contributed by atoms with Crippen molar-refractivity contribution in [2.45, 2.75) is 19.8 Å². The van der Waals surface area contributed by atoms with Gasteiger partial charge < -0.3 is 16.0 Å². The van der Waals surface area contributed by atoms with E-state index in [4.69, 9.17) is 0 Å². The largest absolute Gasteiger partial charge is 0.326 e. The molecule has 0 heterocycles. The Bertz CT molecular complexity index is 724. The average molecular weight is 309 g/mol. The first-order valence-electron chi connectivity index (χ1n) is 7.67. The molecule has 1 aliphatic rings. The van der Waals surface area contributed by atoms with Crippen LogP contribution in [0.4, 0.5) is 21.9 Å². The lowest BCUT2D eigenvalue weighted by Gasteiger charge is -2.14. The highest BCUT2D eigenvalue weighted by Crippen LogP contribution is 2.31. The Balaban J connectivity index is 1.67. The van der Waals surface area contributed by atoms with E-state index >= 15 is 0 Å². The second-order valence-corrected chi connectivity index (χ2v) is 5.69. The van der Waals surface area contributed by atoms with Gasteiger partial charge in [0.2, 0.25) is 5.91 Å². The molecule has 0 saturated heterocycles. The Kier molecular flexibility index (Phi) is 4.28. The van der Waals surface area contributed by atoms with E-state index in [0.717, 1.165) is 29.8 Å². The maximum atomic E-state index is 12.1. The molecule has 0 bridgehead atoms. The molecule has 2 aromatic carbocycles. The molecule has 5 heteroatoms. The first-order valence-corrected chi connectivity index (χ1v) is 7.67. The third kappa shape index (κ3) is 3.88. The van der Waals surface area contributed by atoms with E-state index in [9.17, 15) is 9.59 Å². The van der Waals surface area contributed by atoms with Gasteiger partial charge in [0.1, 0.15) is 0 Å². The molecule has 0 unspecified atom stereocenters. The lowest BCUT2D eigenvalue weighted by Crippen LogP contribution is -2.20. The summed E-state index contributed by atoms with van der Waals surface area (Å²) in [7, 11) is 0. The minimum Gasteiger partial charge on any atom is -0.326 e. The third-order valence-electron chi connectivity index (χ3n) is 3.82. The van der Waals surface area contributed by atoms with E-state index in [1.807, 2.05) is 55.5 Å². The van der Waals surface area contributed by atoms with Gasteiger partial charge in [-0.15, -0.1) is 0 Å². The molecular weight excluding hydrogens is 290 g/mol. The van der Waals surface area contributed by atoms with Crippen LogP contribution in [0.25, 0.3) is 0 Å². The van der Waals surface area contributed by atoms with Crippen molar-refractivity contribution in [1.82, 2.24) is 0 Å². The fraction of sp³-hybridized carbons (Fsp3) is 0.222. The van der Waals surface area contributed by atoms with Gasteiger partial charge in [-0.1, -0.05) is 24.3 Å². The average Bonchev–Trinajstić information content (AvgIpc) is 3.37. The topological polar surface area (TPSA) is 70.2 Å². The number of nitrogens with one attached hydrogen (secondary N) is 3. The van der Waals surface area contributed by atoms with Crippen LogP contribution in [0.3, 0.4) is 0 Å². The minimum absolute atomic E-state index is 0.0546. The van der Waals surface area contributed by atoms with Crippen LogP contribution in [0, 0.1) is 12.8 Å². The quantitative estimate of drug-likeness (QED) is 0.799. The Morgan fingerprint density at radius 2 is 1.52 bits per heavy atom. The number of urea groups is 1. The summed E-state index contributed by atoms with van der Waals surface area (Å²) < 4.78 is 0. The van der Waals surface area contributed by atoms with Gasteiger partial charge in [-0.25, -0.2) is 4.79 Å². The smallest absolute Gasteiger partial charge is 0.323 e. The highest BCUT2D eigenvalue weighted by molar-refractivity contribution is 6.01. The summed E-state index contributed by atoms with van der Waals surface area (Å²) in [6.45, 7) is 1.88. The predicted molar refractivity (Wildman–Crippen MR) is 91.6 cm³/mol. The molecule has 23 heavy (non-hydrogen) atoms. The van der Waals surface area contributed by atoms with Crippen molar-refractivity contribution in [1.29, 1.82) is 0 Å². The molecule has 1 aliphatic carbocycles. The Labute approximate surface area is 135 Å². The van der Waals surface area contributed by atoms with Crippen LogP contribution in [-0.4, -0.2) is 11.9 Å². The van der Waals surface area contributed by atoms with E-state index in [2.05, 4.69) is 16.0 Å². The number of hydrogen-bond acceptors (Lipinski definition) is 2. The van der Waals surface area contributed by atoms with Crippen LogP contribution in [0.15, 0.2) is 48.5 Å². The molecule has 0 spiro atoms. The summed E-state index contributed by atoms with van der Waals surface area (Å²) in [5.74, 6) is 0.200. The Morgan fingerprint density at radius 1 is 0.870 bits per heavy atom. The van der Waals surface area contributed by atoms with Gasteiger partial charge in [0.25, 0.3) is 0 Å². The molecular formula is C18H19N3O2. The molecule has 3 amide bonds.